The number of Topliss-reactive ketones (excluding diaryl/α,β-unsaturated/α-hetero) is 2. The van der Waals surface area contributed by atoms with Crippen molar-refractivity contribution in [2.24, 2.45) is 0 Å². The van der Waals surface area contributed by atoms with Gasteiger partial charge in [0.25, 0.3) is 23.4 Å². The molecule has 3 aromatic carbocycles. The molecule has 0 aliphatic carbocycles. The highest BCUT2D eigenvalue weighted by molar-refractivity contribution is 7.89. The lowest BCUT2D eigenvalue weighted by Gasteiger charge is -2.29. The van der Waals surface area contributed by atoms with Crippen molar-refractivity contribution in [3.05, 3.63) is 77.9 Å². The number of rotatable bonds is 7. The lowest BCUT2D eigenvalue weighted by Crippen LogP contribution is -2.41. The Hall–Kier alpha value is -4.09. The topological polar surface area (TPSA) is 184 Å². The fourth-order valence-corrected chi connectivity index (χ4v) is 10.2. The Balaban J connectivity index is 0.000000178. The summed E-state index contributed by atoms with van der Waals surface area (Å²) in [7, 11) is -8.70. The third-order valence-electron chi connectivity index (χ3n) is 8.11. The molecular weight excluding hydrogens is 657 g/mol. The first-order valence-corrected chi connectivity index (χ1v) is 18.5. The maximum Gasteiger partial charge on any atom is 0.296 e. The molecule has 2 atom stereocenters. The number of nitrogens with zero attached hydrogens (tertiary/aromatic N) is 2. The Morgan fingerprint density at radius 1 is 0.696 bits per heavy atom. The van der Waals surface area contributed by atoms with Crippen LogP contribution in [0, 0.1) is 0 Å². The Morgan fingerprint density at radius 3 is 1.76 bits per heavy atom. The molecule has 2 fully saturated rings. The van der Waals surface area contributed by atoms with Gasteiger partial charge in [-0.05, 0) is 67.8 Å². The van der Waals surface area contributed by atoms with Crippen molar-refractivity contribution >= 4 is 65.6 Å². The summed E-state index contributed by atoms with van der Waals surface area (Å²) in [6, 6.07) is 16.8. The van der Waals surface area contributed by atoms with Gasteiger partial charge in [0.2, 0.25) is 20.0 Å². The number of hydrogen-bond acceptors (Lipinski definition) is 9. The summed E-state index contributed by atoms with van der Waals surface area (Å²) in [6.07, 6.45) is 2.16. The third-order valence-corrected chi connectivity index (χ3v) is 13.4. The Morgan fingerprint density at radius 2 is 1.24 bits per heavy atom. The van der Waals surface area contributed by atoms with E-state index in [-0.39, 0.29) is 32.7 Å². The SMILES string of the molecule is O=C1Nc2ccc(S(=O)(=O)N3CCC3)cc2C1=O.O=C1Nc2ccc(S(=O)(=O)N3CCCC3CS(=O)c3ccccc3)cc2C1=O. The van der Waals surface area contributed by atoms with Crippen LogP contribution >= 0.6 is 0 Å². The van der Waals surface area contributed by atoms with Crippen LogP contribution in [0.3, 0.4) is 0 Å². The molecule has 7 rings (SSSR count). The molecule has 0 radical (unpaired) electrons. The second-order valence-corrected chi connectivity index (χ2v) is 16.3. The lowest BCUT2D eigenvalue weighted by molar-refractivity contribution is -0.112. The summed E-state index contributed by atoms with van der Waals surface area (Å²) < 4.78 is 65.9. The summed E-state index contributed by atoms with van der Waals surface area (Å²) in [4.78, 5) is 46.8. The zero-order valence-corrected chi connectivity index (χ0v) is 26.6. The molecule has 4 heterocycles. The van der Waals surface area contributed by atoms with E-state index in [2.05, 4.69) is 10.6 Å². The van der Waals surface area contributed by atoms with Crippen LogP contribution in [0.1, 0.15) is 40.0 Å². The van der Waals surface area contributed by atoms with Gasteiger partial charge in [-0.15, -0.1) is 0 Å². The molecule has 2 N–H and O–H groups in total. The van der Waals surface area contributed by atoms with Crippen molar-refractivity contribution in [2.75, 3.05) is 36.0 Å². The number of benzene rings is 3. The molecule has 0 bridgehead atoms. The van der Waals surface area contributed by atoms with Gasteiger partial charge in [0.1, 0.15) is 0 Å². The van der Waals surface area contributed by atoms with Crippen LogP contribution in [0.25, 0.3) is 0 Å². The van der Waals surface area contributed by atoms with E-state index >= 15 is 0 Å². The molecule has 4 aliphatic heterocycles. The fourth-order valence-electron chi connectivity index (χ4n) is 5.51. The number of sulfonamides is 2. The van der Waals surface area contributed by atoms with Gasteiger partial charge in [-0.25, -0.2) is 16.8 Å². The van der Waals surface area contributed by atoms with Crippen molar-refractivity contribution in [1.29, 1.82) is 0 Å². The Kier molecular flexibility index (Phi) is 8.49. The van der Waals surface area contributed by atoms with Gasteiger partial charge in [-0.3, -0.25) is 23.4 Å². The number of nitrogens with one attached hydrogen (secondary N) is 2. The Bertz CT molecular complexity index is 2030. The van der Waals surface area contributed by atoms with E-state index in [0.717, 1.165) is 6.42 Å². The monoisotopic (exact) mass is 684 g/mol. The molecule has 2 unspecified atom stereocenters. The average Bonchev–Trinajstić information content (AvgIpc) is 3.68. The van der Waals surface area contributed by atoms with E-state index in [0.29, 0.717) is 48.7 Å². The highest BCUT2D eigenvalue weighted by Crippen LogP contribution is 2.32. The van der Waals surface area contributed by atoms with Gasteiger partial charge >= 0.3 is 0 Å². The van der Waals surface area contributed by atoms with E-state index in [1.54, 1.807) is 24.3 Å². The summed E-state index contributed by atoms with van der Waals surface area (Å²) in [5.74, 6) is -2.70. The minimum absolute atomic E-state index is 0.0338. The number of amides is 2. The zero-order chi connectivity index (χ0) is 32.8. The number of ketones is 2. The van der Waals surface area contributed by atoms with Crippen molar-refractivity contribution < 1.29 is 40.2 Å². The number of carbonyl (C=O) groups is 4. The first-order valence-electron chi connectivity index (χ1n) is 14.3. The van der Waals surface area contributed by atoms with Crippen LogP contribution in [-0.2, 0) is 40.4 Å². The predicted molar refractivity (Wildman–Crippen MR) is 167 cm³/mol. The van der Waals surface area contributed by atoms with E-state index in [1.165, 1.54) is 45.0 Å². The smallest absolute Gasteiger partial charge is 0.296 e. The molecule has 4 aliphatic rings. The van der Waals surface area contributed by atoms with Gasteiger partial charge in [0.05, 0.1) is 43.1 Å². The first kappa shape index (κ1) is 31.9. The normalized spacial score (nSPS) is 20.2. The summed E-state index contributed by atoms with van der Waals surface area (Å²) in [6.45, 7) is 1.34. The molecule has 3 aromatic rings. The van der Waals surface area contributed by atoms with E-state index in [1.807, 2.05) is 6.07 Å². The second kappa shape index (κ2) is 12.3. The molecule has 16 heteroatoms. The molecular formula is C30H28N4O9S3. The standard InChI is InChI=1S/C19H18N2O5S2.C11H10N2O4S/c22-18-16-11-15(8-9-17(16)20-19(18)23)28(25,26)21-10-4-5-13(21)12-27(24)14-6-2-1-3-7-14;14-10-8-6-7(2-3-9(8)12-11(10)15)18(16,17)13-4-1-5-13/h1-3,6-9,11,13H,4-5,10,12H2,(H,20,22,23);2-3,6H,1,4-5H2,(H,12,14,15). The second-order valence-electron chi connectivity index (χ2n) is 11.0. The quantitative estimate of drug-likeness (QED) is 0.352. The molecule has 0 saturated carbocycles. The van der Waals surface area contributed by atoms with Gasteiger partial charge in [0.15, 0.2) is 0 Å². The van der Waals surface area contributed by atoms with E-state index in [4.69, 9.17) is 0 Å². The molecule has 0 spiro atoms. The van der Waals surface area contributed by atoms with Crippen LogP contribution in [0.15, 0.2) is 81.4 Å². The molecule has 13 nitrogen and oxygen atoms in total. The van der Waals surface area contributed by atoms with E-state index in [9.17, 15) is 40.2 Å². The largest absolute Gasteiger partial charge is 0.318 e. The maximum absolute atomic E-state index is 13.2. The average molecular weight is 685 g/mol. The van der Waals surface area contributed by atoms with Gasteiger partial charge in [-0.2, -0.15) is 8.61 Å². The van der Waals surface area contributed by atoms with Crippen LogP contribution in [-0.4, -0.2) is 84.5 Å². The Labute approximate surface area is 267 Å². The zero-order valence-electron chi connectivity index (χ0n) is 24.2. The highest BCUT2D eigenvalue weighted by atomic mass is 32.2. The van der Waals surface area contributed by atoms with Gasteiger partial charge in [-0.1, -0.05) is 18.2 Å². The molecule has 46 heavy (non-hydrogen) atoms. The van der Waals surface area contributed by atoms with Crippen LogP contribution in [0.2, 0.25) is 0 Å². The minimum Gasteiger partial charge on any atom is -0.318 e. The number of hydrogen-bond donors (Lipinski definition) is 2. The number of anilines is 2. The summed E-state index contributed by atoms with van der Waals surface area (Å²) in [5, 5.41) is 4.80. The first-order chi connectivity index (χ1) is 21.9. The summed E-state index contributed by atoms with van der Waals surface area (Å²) in [5.41, 5.74) is 0.876. The number of carbonyl (C=O) groups excluding carboxylic acids is 4. The molecule has 0 aromatic heterocycles. The van der Waals surface area contributed by atoms with Crippen molar-refractivity contribution in [2.45, 2.75) is 40.0 Å². The predicted octanol–water partition coefficient (Wildman–Crippen LogP) is 2.00. The molecule has 240 valence electrons. The van der Waals surface area contributed by atoms with Gasteiger partial charge < -0.3 is 10.6 Å². The lowest BCUT2D eigenvalue weighted by atomic mass is 10.1. The molecule has 2 amide bonds. The highest BCUT2D eigenvalue weighted by Gasteiger charge is 2.38. The molecule has 2 saturated heterocycles. The van der Waals surface area contributed by atoms with Gasteiger partial charge in [0, 0.05) is 36.3 Å². The van der Waals surface area contributed by atoms with E-state index < -0.39 is 54.2 Å². The van der Waals surface area contributed by atoms with Crippen LogP contribution < -0.4 is 10.6 Å². The van der Waals surface area contributed by atoms with Crippen molar-refractivity contribution in [1.82, 2.24) is 8.61 Å². The van der Waals surface area contributed by atoms with Crippen LogP contribution in [0.4, 0.5) is 11.4 Å². The third kappa shape index (κ3) is 5.82. The van der Waals surface area contributed by atoms with Crippen molar-refractivity contribution in [3.8, 4) is 0 Å². The summed E-state index contributed by atoms with van der Waals surface area (Å²) >= 11 is 0. The maximum atomic E-state index is 13.2. The number of fused-ring (bicyclic) bond motifs is 2. The van der Waals surface area contributed by atoms with Crippen molar-refractivity contribution in [3.63, 3.8) is 0 Å². The van der Waals surface area contributed by atoms with Crippen LogP contribution in [0.5, 0.6) is 0 Å². The fraction of sp³-hybridized carbons (Fsp3) is 0.267. The minimum atomic E-state index is -3.87.